The highest BCUT2D eigenvalue weighted by Gasteiger charge is 2.27. The molecule has 2 atom stereocenters. The van der Waals surface area contributed by atoms with E-state index in [1.54, 1.807) is 6.07 Å². The van der Waals surface area contributed by atoms with Gasteiger partial charge in [0, 0.05) is 19.8 Å². The lowest BCUT2D eigenvalue weighted by molar-refractivity contribution is -0.145. The lowest BCUT2D eigenvalue weighted by atomic mass is 10.0. The lowest BCUT2D eigenvalue weighted by Crippen LogP contribution is -2.52. The highest BCUT2D eigenvalue weighted by Crippen LogP contribution is 2.10. The summed E-state index contributed by atoms with van der Waals surface area (Å²) in [6.45, 7) is 2.60. The molecule has 2 amide bonds. The highest BCUT2D eigenvalue weighted by molar-refractivity contribution is 5.90. The zero-order chi connectivity index (χ0) is 19.7. The van der Waals surface area contributed by atoms with E-state index in [1.165, 1.54) is 39.2 Å². The summed E-state index contributed by atoms with van der Waals surface area (Å²) >= 11 is 0. The molecule has 0 aliphatic carbocycles. The fraction of sp³-hybridized carbons (Fsp3) is 0.444. The van der Waals surface area contributed by atoms with Gasteiger partial charge in [0.25, 0.3) is 0 Å². The first kappa shape index (κ1) is 21.3. The minimum absolute atomic E-state index is 0.0697. The molecule has 0 saturated carbocycles. The van der Waals surface area contributed by atoms with Crippen molar-refractivity contribution in [2.75, 3.05) is 7.11 Å². The summed E-state index contributed by atoms with van der Waals surface area (Å²) in [6.07, 6.45) is 0.0666. The summed E-state index contributed by atoms with van der Waals surface area (Å²) in [5, 5.41) is 4.91. The smallest absolute Gasteiger partial charge is 0.328 e. The number of carbonyl (C=O) groups excluding carboxylic acids is 4. The fourth-order valence-electron chi connectivity index (χ4n) is 2.35. The van der Waals surface area contributed by atoms with E-state index in [4.69, 9.17) is 0 Å². The van der Waals surface area contributed by atoms with Gasteiger partial charge in [-0.25, -0.2) is 9.18 Å². The maximum atomic E-state index is 13.8. The van der Waals surface area contributed by atoms with Crippen LogP contribution in [0.25, 0.3) is 0 Å². The van der Waals surface area contributed by atoms with Crippen molar-refractivity contribution in [3.05, 3.63) is 35.6 Å². The molecule has 1 aromatic rings. The van der Waals surface area contributed by atoms with E-state index in [-0.39, 0.29) is 30.6 Å². The zero-order valence-electron chi connectivity index (χ0n) is 15.0. The van der Waals surface area contributed by atoms with Crippen molar-refractivity contribution in [3.63, 3.8) is 0 Å². The summed E-state index contributed by atoms with van der Waals surface area (Å²) < 4.78 is 18.5. The van der Waals surface area contributed by atoms with Gasteiger partial charge < -0.3 is 20.2 Å². The number of ether oxygens (including phenoxy) is 1. The first-order valence-electron chi connectivity index (χ1n) is 8.12. The number of benzene rings is 1. The summed E-state index contributed by atoms with van der Waals surface area (Å²) in [4.78, 5) is 46.9. The van der Waals surface area contributed by atoms with E-state index in [0.717, 1.165) is 0 Å². The van der Waals surface area contributed by atoms with Crippen molar-refractivity contribution in [1.82, 2.24) is 10.6 Å². The van der Waals surface area contributed by atoms with Crippen LogP contribution in [0.5, 0.6) is 0 Å². The number of hydrogen-bond donors (Lipinski definition) is 2. The number of rotatable bonds is 9. The van der Waals surface area contributed by atoms with Gasteiger partial charge in [-0.3, -0.25) is 9.59 Å². The van der Waals surface area contributed by atoms with E-state index >= 15 is 0 Å². The molecule has 0 aromatic heterocycles. The van der Waals surface area contributed by atoms with Crippen LogP contribution in [0, 0.1) is 5.82 Å². The van der Waals surface area contributed by atoms with Gasteiger partial charge in [0.1, 0.15) is 23.7 Å². The molecule has 7 nitrogen and oxygen atoms in total. The maximum Gasteiger partial charge on any atom is 0.328 e. The Morgan fingerprint density at radius 1 is 1.08 bits per heavy atom. The van der Waals surface area contributed by atoms with Crippen LogP contribution in [0.4, 0.5) is 4.39 Å². The summed E-state index contributed by atoms with van der Waals surface area (Å²) in [5.74, 6) is -2.48. The molecule has 0 aliphatic heterocycles. The van der Waals surface area contributed by atoms with Crippen LogP contribution >= 0.6 is 0 Å². The van der Waals surface area contributed by atoms with Gasteiger partial charge >= 0.3 is 5.97 Å². The van der Waals surface area contributed by atoms with Crippen LogP contribution in [0.2, 0.25) is 0 Å². The van der Waals surface area contributed by atoms with E-state index in [1.807, 2.05) is 0 Å². The average molecular weight is 366 g/mol. The summed E-state index contributed by atoms with van der Waals surface area (Å²) in [7, 11) is 1.17. The number of hydrogen-bond acceptors (Lipinski definition) is 5. The van der Waals surface area contributed by atoms with Crippen molar-refractivity contribution in [3.8, 4) is 0 Å². The van der Waals surface area contributed by atoms with E-state index in [2.05, 4.69) is 15.4 Å². The zero-order valence-corrected chi connectivity index (χ0v) is 15.0. The molecule has 0 fully saturated rings. The molecule has 1 aromatic carbocycles. The fourth-order valence-corrected chi connectivity index (χ4v) is 2.35. The Balaban J connectivity index is 2.91. The molecule has 0 radical (unpaired) electrons. The van der Waals surface area contributed by atoms with Crippen LogP contribution in [-0.2, 0) is 30.3 Å². The van der Waals surface area contributed by atoms with Gasteiger partial charge in [0.05, 0.1) is 7.11 Å². The molecule has 0 aliphatic rings. The summed E-state index contributed by atoms with van der Waals surface area (Å²) in [5.41, 5.74) is 0.250. The predicted octanol–water partition coefficient (Wildman–Crippen LogP) is 0.900. The number of halogens is 1. The Labute approximate surface area is 151 Å². The van der Waals surface area contributed by atoms with E-state index in [9.17, 15) is 23.6 Å². The van der Waals surface area contributed by atoms with Gasteiger partial charge in [0.15, 0.2) is 0 Å². The average Bonchev–Trinajstić information content (AvgIpc) is 2.58. The van der Waals surface area contributed by atoms with Gasteiger partial charge in [0.2, 0.25) is 11.8 Å². The molecule has 2 N–H and O–H groups in total. The van der Waals surface area contributed by atoms with Crippen LogP contribution < -0.4 is 10.6 Å². The third kappa shape index (κ3) is 7.00. The molecule has 0 bridgehead atoms. The van der Waals surface area contributed by atoms with Crippen LogP contribution in [0.3, 0.4) is 0 Å². The second-order valence-corrected chi connectivity index (χ2v) is 5.87. The second kappa shape index (κ2) is 10.3. The number of esters is 1. The van der Waals surface area contributed by atoms with Crippen molar-refractivity contribution in [2.45, 2.75) is 45.2 Å². The lowest BCUT2D eigenvalue weighted by Gasteiger charge is -2.22. The Hall–Kier alpha value is -2.77. The Morgan fingerprint density at radius 3 is 2.27 bits per heavy atom. The Morgan fingerprint density at radius 2 is 1.73 bits per heavy atom. The third-order valence-electron chi connectivity index (χ3n) is 3.66. The highest BCUT2D eigenvalue weighted by atomic mass is 19.1. The SMILES string of the molecule is COC(=O)[C@@H](CCC(C)=O)NC(=O)[C@@H](Cc1ccccc1F)NC(C)=O. The quantitative estimate of drug-likeness (QED) is 0.633. The van der Waals surface area contributed by atoms with E-state index < -0.39 is 35.7 Å². The van der Waals surface area contributed by atoms with E-state index in [0.29, 0.717) is 0 Å². The van der Waals surface area contributed by atoms with Crippen LogP contribution in [0.15, 0.2) is 24.3 Å². The molecule has 26 heavy (non-hydrogen) atoms. The van der Waals surface area contributed by atoms with Crippen molar-refractivity contribution in [2.24, 2.45) is 0 Å². The van der Waals surface area contributed by atoms with Gasteiger partial charge in [-0.15, -0.1) is 0 Å². The number of methoxy groups -OCH3 is 1. The number of ketones is 1. The van der Waals surface area contributed by atoms with Crippen molar-refractivity contribution in [1.29, 1.82) is 0 Å². The number of carbonyl (C=O) groups is 4. The molecular formula is C18H23FN2O5. The van der Waals surface area contributed by atoms with Gasteiger partial charge in [-0.1, -0.05) is 18.2 Å². The maximum absolute atomic E-state index is 13.8. The van der Waals surface area contributed by atoms with Gasteiger partial charge in [-0.2, -0.15) is 0 Å². The van der Waals surface area contributed by atoms with Crippen molar-refractivity contribution < 1.29 is 28.3 Å². The summed E-state index contributed by atoms with van der Waals surface area (Å²) in [6, 6.07) is 3.78. The Kier molecular flexibility index (Phi) is 8.41. The monoisotopic (exact) mass is 366 g/mol. The first-order chi connectivity index (χ1) is 12.2. The second-order valence-electron chi connectivity index (χ2n) is 5.87. The molecule has 0 heterocycles. The largest absolute Gasteiger partial charge is 0.467 e. The topological polar surface area (TPSA) is 102 Å². The standard InChI is InChI=1S/C18H23FN2O5/c1-11(22)8-9-15(18(25)26-3)21-17(24)16(20-12(2)23)10-13-6-4-5-7-14(13)19/h4-7,15-16H,8-10H2,1-3H3,(H,20,23)(H,21,24)/t15-,16-/m1/s1. The molecule has 0 spiro atoms. The van der Waals surface area contributed by atoms with Gasteiger partial charge in [-0.05, 0) is 25.0 Å². The third-order valence-corrected chi connectivity index (χ3v) is 3.66. The van der Waals surface area contributed by atoms with Crippen LogP contribution in [-0.4, -0.2) is 42.8 Å². The number of Topliss-reactive ketones (excluding diaryl/α,β-unsaturated/α-hetero) is 1. The molecule has 1 rings (SSSR count). The first-order valence-corrected chi connectivity index (χ1v) is 8.12. The Bertz CT molecular complexity index is 677. The molecule has 8 heteroatoms. The minimum atomic E-state index is -1.08. The van der Waals surface area contributed by atoms with Crippen molar-refractivity contribution >= 4 is 23.6 Å². The molecular weight excluding hydrogens is 343 g/mol. The normalized spacial score (nSPS) is 12.6. The number of nitrogens with one attached hydrogen (secondary N) is 2. The predicted molar refractivity (Wildman–Crippen MR) is 91.6 cm³/mol. The molecule has 0 saturated heterocycles. The molecule has 142 valence electrons. The minimum Gasteiger partial charge on any atom is -0.467 e. The number of amides is 2. The van der Waals surface area contributed by atoms with Crippen LogP contribution in [0.1, 0.15) is 32.3 Å². The molecule has 0 unspecified atom stereocenters.